The number of aromatic nitrogens is 2. The molecule has 1 aromatic heterocycles. The van der Waals surface area contributed by atoms with E-state index in [2.05, 4.69) is 34.9 Å². The van der Waals surface area contributed by atoms with Gasteiger partial charge in [-0.2, -0.15) is 0 Å². The molecule has 1 fully saturated rings. The summed E-state index contributed by atoms with van der Waals surface area (Å²) in [5, 5.41) is 3.48. The van der Waals surface area contributed by atoms with Crippen LogP contribution in [0.25, 0.3) is 0 Å². The highest BCUT2D eigenvalue weighted by atomic mass is 16.5. The fourth-order valence-corrected chi connectivity index (χ4v) is 3.10. The van der Waals surface area contributed by atoms with Crippen molar-refractivity contribution in [3.05, 3.63) is 11.9 Å². The largest absolute Gasteiger partial charge is 0.382 e. The fourth-order valence-electron chi connectivity index (χ4n) is 3.10. The van der Waals surface area contributed by atoms with E-state index in [1.807, 2.05) is 6.92 Å². The van der Waals surface area contributed by atoms with Crippen LogP contribution in [-0.2, 0) is 4.74 Å². The van der Waals surface area contributed by atoms with Gasteiger partial charge in [-0.15, -0.1) is 0 Å². The van der Waals surface area contributed by atoms with Crippen molar-refractivity contribution in [3.8, 4) is 0 Å². The summed E-state index contributed by atoms with van der Waals surface area (Å²) in [7, 11) is 0. The van der Waals surface area contributed by atoms with Crippen molar-refractivity contribution in [1.82, 2.24) is 9.55 Å². The van der Waals surface area contributed by atoms with Gasteiger partial charge in [0.1, 0.15) is 0 Å². The van der Waals surface area contributed by atoms with Gasteiger partial charge in [-0.05, 0) is 39.0 Å². The number of hydrogen-bond donors (Lipinski definition) is 1. The zero-order valence-electron chi connectivity index (χ0n) is 13.2. The van der Waals surface area contributed by atoms with Crippen molar-refractivity contribution in [2.45, 2.75) is 58.9 Å². The minimum absolute atomic E-state index is 0.620. The van der Waals surface area contributed by atoms with Crippen molar-refractivity contribution in [2.75, 3.05) is 25.1 Å². The molecule has 1 heterocycles. The molecule has 114 valence electrons. The molecule has 0 saturated heterocycles. The predicted octanol–water partition coefficient (Wildman–Crippen LogP) is 3.78. The van der Waals surface area contributed by atoms with E-state index in [1.54, 1.807) is 0 Å². The van der Waals surface area contributed by atoms with Gasteiger partial charge in [0, 0.05) is 32.0 Å². The molecule has 1 saturated carbocycles. The van der Waals surface area contributed by atoms with Crippen LogP contribution in [0.2, 0.25) is 0 Å². The first-order valence-corrected chi connectivity index (χ1v) is 8.07. The van der Waals surface area contributed by atoms with E-state index in [0.29, 0.717) is 6.04 Å². The van der Waals surface area contributed by atoms with Crippen molar-refractivity contribution in [1.29, 1.82) is 0 Å². The van der Waals surface area contributed by atoms with Gasteiger partial charge in [0.2, 0.25) is 5.95 Å². The van der Waals surface area contributed by atoms with E-state index in [0.717, 1.165) is 43.7 Å². The smallest absolute Gasteiger partial charge is 0.203 e. The van der Waals surface area contributed by atoms with Crippen molar-refractivity contribution in [2.24, 2.45) is 5.92 Å². The lowest BCUT2D eigenvalue weighted by atomic mass is 9.87. The topological polar surface area (TPSA) is 39.1 Å². The van der Waals surface area contributed by atoms with Gasteiger partial charge in [-0.3, -0.25) is 0 Å². The average Bonchev–Trinajstić information content (AvgIpc) is 2.80. The van der Waals surface area contributed by atoms with E-state index in [-0.39, 0.29) is 0 Å². The quantitative estimate of drug-likeness (QED) is 0.772. The number of hydrogen-bond acceptors (Lipinski definition) is 3. The monoisotopic (exact) mass is 279 g/mol. The molecule has 0 bridgehead atoms. The second-order valence-corrected chi connectivity index (χ2v) is 6.02. The van der Waals surface area contributed by atoms with Gasteiger partial charge >= 0.3 is 0 Å². The number of ether oxygens (including phenoxy) is 1. The highest BCUT2D eigenvalue weighted by Crippen LogP contribution is 2.34. The third-order valence-electron chi connectivity index (χ3n) is 4.11. The summed E-state index contributed by atoms with van der Waals surface area (Å²) in [6.45, 7) is 9.03. The molecule has 0 aliphatic heterocycles. The molecule has 2 rings (SSSR count). The summed E-state index contributed by atoms with van der Waals surface area (Å²) in [5.41, 5.74) is 1.11. The molecule has 1 aliphatic rings. The molecule has 2 atom stereocenters. The molecule has 1 aliphatic carbocycles. The van der Waals surface area contributed by atoms with Crippen LogP contribution in [0.4, 0.5) is 5.95 Å². The number of aryl methyl sites for hydroxylation is 1. The summed E-state index contributed by atoms with van der Waals surface area (Å²) < 4.78 is 7.74. The molecular formula is C16H29N3O. The standard InChI is InChI=1S/C16H29N3O/c1-4-20-10-6-9-17-16-18-14(3)12-19(16)15-8-5-7-13(2)11-15/h12-13,15H,4-11H2,1-3H3,(H,17,18). The zero-order valence-corrected chi connectivity index (χ0v) is 13.2. The Bertz CT molecular complexity index is 402. The van der Waals surface area contributed by atoms with Crippen LogP contribution in [0.15, 0.2) is 6.20 Å². The molecule has 1 aromatic rings. The van der Waals surface area contributed by atoms with Crippen LogP contribution in [-0.4, -0.2) is 29.3 Å². The van der Waals surface area contributed by atoms with Crippen LogP contribution in [0, 0.1) is 12.8 Å². The third kappa shape index (κ3) is 4.23. The molecule has 0 spiro atoms. The van der Waals surface area contributed by atoms with E-state index in [9.17, 15) is 0 Å². The van der Waals surface area contributed by atoms with Crippen LogP contribution < -0.4 is 5.32 Å². The van der Waals surface area contributed by atoms with Crippen LogP contribution in [0.1, 0.15) is 57.7 Å². The number of rotatable bonds is 7. The molecular weight excluding hydrogens is 250 g/mol. The zero-order chi connectivity index (χ0) is 14.4. The molecule has 1 N–H and O–H groups in total. The Balaban J connectivity index is 1.91. The molecule has 4 nitrogen and oxygen atoms in total. The SMILES string of the molecule is CCOCCCNc1nc(C)cn1C1CCCC(C)C1. The number of anilines is 1. The highest BCUT2D eigenvalue weighted by molar-refractivity contribution is 5.29. The van der Waals surface area contributed by atoms with Crippen molar-refractivity contribution in [3.63, 3.8) is 0 Å². The molecule has 0 radical (unpaired) electrons. The van der Waals surface area contributed by atoms with Gasteiger partial charge in [-0.1, -0.05) is 19.8 Å². The van der Waals surface area contributed by atoms with E-state index in [4.69, 9.17) is 4.74 Å². The predicted molar refractivity (Wildman–Crippen MR) is 83.2 cm³/mol. The maximum atomic E-state index is 5.37. The van der Waals surface area contributed by atoms with Gasteiger partial charge in [0.25, 0.3) is 0 Å². The Morgan fingerprint density at radius 1 is 1.45 bits per heavy atom. The lowest BCUT2D eigenvalue weighted by Crippen LogP contribution is -2.19. The Kier molecular flexibility index (Phi) is 5.89. The van der Waals surface area contributed by atoms with Gasteiger partial charge < -0.3 is 14.6 Å². The normalized spacial score (nSPS) is 22.9. The molecule has 0 amide bonds. The summed E-state index contributed by atoms with van der Waals surface area (Å²) in [5.74, 6) is 1.88. The Morgan fingerprint density at radius 3 is 3.05 bits per heavy atom. The fraction of sp³-hybridized carbons (Fsp3) is 0.812. The molecule has 20 heavy (non-hydrogen) atoms. The lowest BCUT2D eigenvalue weighted by molar-refractivity contribution is 0.147. The third-order valence-corrected chi connectivity index (χ3v) is 4.11. The maximum absolute atomic E-state index is 5.37. The highest BCUT2D eigenvalue weighted by Gasteiger charge is 2.22. The van der Waals surface area contributed by atoms with Gasteiger partial charge in [-0.25, -0.2) is 4.98 Å². The van der Waals surface area contributed by atoms with E-state index < -0.39 is 0 Å². The maximum Gasteiger partial charge on any atom is 0.203 e. The van der Waals surface area contributed by atoms with Crippen LogP contribution in [0.3, 0.4) is 0 Å². The second-order valence-electron chi connectivity index (χ2n) is 6.02. The molecule has 4 heteroatoms. The second kappa shape index (κ2) is 7.67. The van der Waals surface area contributed by atoms with Gasteiger partial charge in [0.15, 0.2) is 0 Å². The summed E-state index contributed by atoms with van der Waals surface area (Å²) >= 11 is 0. The Morgan fingerprint density at radius 2 is 2.30 bits per heavy atom. The van der Waals surface area contributed by atoms with Gasteiger partial charge in [0.05, 0.1) is 5.69 Å². The lowest BCUT2D eigenvalue weighted by Gasteiger charge is -2.29. The summed E-state index contributed by atoms with van der Waals surface area (Å²) in [6.07, 6.45) is 8.51. The Hall–Kier alpha value is -1.03. The van der Waals surface area contributed by atoms with Crippen molar-refractivity contribution >= 4 is 5.95 Å². The van der Waals surface area contributed by atoms with E-state index in [1.165, 1.54) is 25.7 Å². The summed E-state index contributed by atoms with van der Waals surface area (Å²) in [6, 6.07) is 0.620. The molecule has 2 unspecified atom stereocenters. The van der Waals surface area contributed by atoms with Crippen LogP contribution in [0.5, 0.6) is 0 Å². The Labute approximate surface area is 122 Å². The average molecular weight is 279 g/mol. The summed E-state index contributed by atoms with van der Waals surface area (Å²) in [4.78, 5) is 4.64. The number of imidazole rings is 1. The minimum Gasteiger partial charge on any atom is -0.382 e. The minimum atomic E-state index is 0.620. The van der Waals surface area contributed by atoms with E-state index >= 15 is 0 Å². The van der Waals surface area contributed by atoms with Crippen molar-refractivity contribution < 1.29 is 4.74 Å². The number of nitrogens with zero attached hydrogens (tertiary/aromatic N) is 2. The first-order chi connectivity index (χ1) is 9.70. The van der Waals surface area contributed by atoms with Crippen LogP contribution >= 0.6 is 0 Å². The number of nitrogens with one attached hydrogen (secondary N) is 1. The molecule has 0 aromatic carbocycles. The first-order valence-electron chi connectivity index (χ1n) is 8.07. The first kappa shape index (κ1) is 15.4.